The Labute approximate surface area is 238 Å². The van der Waals surface area contributed by atoms with E-state index >= 15 is 0 Å². The molecule has 41 heavy (non-hydrogen) atoms. The number of hydrogen-bond acceptors (Lipinski definition) is 10. The van der Waals surface area contributed by atoms with E-state index in [2.05, 4.69) is 0 Å². The number of hydroxylamine groups is 1. The Morgan fingerprint density at radius 2 is 1.68 bits per heavy atom. The number of carbonyl (C=O) groups excluding carboxylic acids is 1. The van der Waals surface area contributed by atoms with E-state index < -0.39 is 54.7 Å². The number of aliphatic hydroxyl groups is 1. The average molecular weight is 595 g/mol. The van der Waals surface area contributed by atoms with Gasteiger partial charge in [0.05, 0.1) is 17.6 Å². The molecular formula is C26H34N4O10S. The summed E-state index contributed by atoms with van der Waals surface area (Å²) in [6.45, 7) is 4.08. The van der Waals surface area contributed by atoms with Gasteiger partial charge in [-0.3, -0.25) is 25.1 Å². The molecule has 1 aliphatic heterocycles. The molecule has 14 nitrogen and oxygen atoms in total. The fourth-order valence-corrected chi connectivity index (χ4v) is 5.47. The largest absolute Gasteiger partial charge is 0.444 e. The number of ether oxygens (including phenoxy) is 1. The number of aliphatic hydroxyl groups excluding tert-OH is 1. The predicted octanol–water partition coefficient (Wildman–Crippen LogP) is 3.54. The van der Waals surface area contributed by atoms with E-state index in [0.717, 1.165) is 19.2 Å². The van der Waals surface area contributed by atoms with E-state index in [1.807, 2.05) is 0 Å². The van der Waals surface area contributed by atoms with Gasteiger partial charge in [-0.05, 0) is 38.0 Å². The number of nitro benzene ring substituents is 1. The zero-order valence-electron chi connectivity index (χ0n) is 23.2. The van der Waals surface area contributed by atoms with E-state index in [1.165, 1.54) is 23.1 Å². The standard InChI is InChI=1S/C25H30N4O9S.CH4O/c1-25(2,3)38-24(30)26-15-13-20(14-16-27(31)32)22(17-26)29(37-18-19-9-5-4-6-10-19)39(35,36)23-12-8-7-11-21(23)28(33)34;1-2/h4-13,22H,14-18H2,1-3H3;2H,1H3. The minimum absolute atomic E-state index is 0.0243. The van der Waals surface area contributed by atoms with Gasteiger partial charge in [0, 0.05) is 37.6 Å². The Morgan fingerprint density at radius 3 is 2.27 bits per heavy atom. The van der Waals surface area contributed by atoms with Crippen LogP contribution in [0, 0.1) is 20.2 Å². The molecule has 1 aliphatic rings. The van der Waals surface area contributed by atoms with E-state index in [4.69, 9.17) is 14.7 Å². The molecule has 2 aromatic carbocycles. The fraction of sp³-hybridized carbons (Fsp3) is 0.423. The quantitative estimate of drug-likeness (QED) is 0.242. The number of amides is 1. The maximum absolute atomic E-state index is 14.0. The molecule has 0 fully saturated rings. The van der Waals surface area contributed by atoms with Gasteiger partial charge in [0.15, 0.2) is 4.90 Å². The van der Waals surface area contributed by atoms with Crippen molar-refractivity contribution in [1.29, 1.82) is 0 Å². The Morgan fingerprint density at radius 1 is 1.07 bits per heavy atom. The molecular weight excluding hydrogens is 560 g/mol. The highest BCUT2D eigenvalue weighted by molar-refractivity contribution is 7.89. The van der Waals surface area contributed by atoms with Gasteiger partial charge in [0.1, 0.15) is 5.60 Å². The molecule has 224 valence electrons. The first-order chi connectivity index (χ1) is 19.3. The van der Waals surface area contributed by atoms with Crippen LogP contribution in [0.25, 0.3) is 0 Å². The minimum atomic E-state index is -4.72. The lowest BCUT2D eigenvalue weighted by molar-refractivity contribution is -0.479. The molecule has 1 atom stereocenters. The van der Waals surface area contributed by atoms with Crippen LogP contribution in [0.4, 0.5) is 10.5 Å². The maximum atomic E-state index is 14.0. The highest BCUT2D eigenvalue weighted by Gasteiger charge is 2.42. The van der Waals surface area contributed by atoms with Gasteiger partial charge < -0.3 is 14.7 Å². The molecule has 1 N–H and O–H groups in total. The van der Waals surface area contributed by atoms with Crippen molar-refractivity contribution in [3.63, 3.8) is 0 Å². The molecule has 15 heteroatoms. The summed E-state index contributed by atoms with van der Waals surface area (Å²) in [7, 11) is -3.72. The lowest BCUT2D eigenvalue weighted by atomic mass is 10.00. The van der Waals surface area contributed by atoms with Crippen molar-refractivity contribution in [2.45, 2.75) is 50.3 Å². The number of sulfonamides is 1. The normalized spacial score (nSPS) is 15.4. The van der Waals surface area contributed by atoms with E-state index in [0.29, 0.717) is 15.6 Å². The molecule has 0 spiro atoms. The third-order valence-electron chi connectivity index (χ3n) is 5.66. The predicted molar refractivity (Wildman–Crippen MR) is 148 cm³/mol. The van der Waals surface area contributed by atoms with Crippen LogP contribution in [0.2, 0.25) is 0 Å². The summed E-state index contributed by atoms with van der Waals surface area (Å²) in [4.78, 5) is 40.8. The second-order valence-corrected chi connectivity index (χ2v) is 11.5. The van der Waals surface area contributed by atoms with Gasteiger partial charge in [-0.1, -0.05) is 53.0 Å². The van der Waals surface area contributed by atoms with Crippen LogP contribution in [0.1, 0.15) is 32.8 Å². The van der Waals surface area contributed by atoms with Crippen LogP contribution in [-0.2, 0) is 26.2 Å². The zero-order valence-corrected chi connectivity index (χ0v) is 24.0. The summed E-state index contributed by atoms with van der Waals surface area (Å²) in [6, 6.07) is 12.2. The number of hydrogen-bond donors (Lipinski definition) is 1. The van der Waals surface area contributed by atoms with Crippen molar-refractivity contribution in [1.82, 2.24) is 9.37 Å². The topological polar surface area (TPSA) is 183 Å². The SMILES string of the molecule is CC(C)(C)OC(=O)N1CC=C(CC[N+](=O)[O-])C(N(OCc2ccccc2)S(=O)(=O)c2ccccc2[N+](=O)[O-])C1.CO. The first-order valence-corrected chi connectivity index (χ1v) is 13.9. The van der Waals surface area contributed by atoms with Gasteiger partial charge in [0.25, 0.3) is 15.7 Å². The van der Waals surface area contributed by atoms with Crippen molar-refractivity contribution >= 4 is 21.8 Å². The van der Waals surface area contributed by atoms with Crippen LogP contribution in [0.3, 0.4) is 0 Å². The minimum Gasteiger partial charge on any atom is -0.444 e. The van der Waals surface area contributed by atoms with E-state index in [-0.39, 0.29) is 26.1 Å². The highest BCUT2D eigenvalue weighted by atomic mass is 32.2. The second kappa shape index (κ2) is 14.6. The number of benzene rings is 2. The van der Waals surface area contributed by atoms with Crippen molar-refractivity contribution < 1.29 is 37.7 Å². The van der Waals surface area contributed by atoms with Gasteiger partial charge >= 0.3 is 6.09 Å². The number of rotatable bonds is 10. The molecule has 0 radical (unpaired) electrons. The van der Waals surface area contributed by atoms with Gasteiger partial charge in [-0.25, -0.2) is 13.2 Å². The first kappa shape index (κ1) is 33.3. The Hall–Kier alpha value is -3.92. The smallest absolute Gasteiger partial charge is 0.410 e. The Bertz CT molecular complexity index is 1340. The molecule has 1 unspecified atom stereocenters. The van der Waals surface area contributed by atoms with Crippen LogP contribution in [-0.4, -0.2) is 77.2 Å². The number of para-hydroxylation sites is 1. The Kier molecular flexibility index (Phi) is 11.9. The summed E-state index contributed by atoms with van der Waals surface area (Å²) in [5.41, 5.74) is -0.554. The molecule has 3 rings (SSSR count). The van der Waals surface area contributed by atoms with Crippen LogP contribution >= 0.6 is 0 Å². The summed E-state index contributed by atoms with van der Waals surface area (Å²) in [5, 5.41) is 29.8. The van der Waals surface area contributed by atoms with Gasteiger partial charge in [-0.15, -0.1) is 0 Å². The summed E-state index contributed by atoms with van der Waals surface area (Å²) < 4.78 is 34.0. The Balaban J connectivity index is 0.00000287. The van der Waals surface area contributed by atoms with Crippen molar-refractivity contribution in [3.05, 3.63) is 92.0 Å². The van der Waals surface area contributed by atoms with Gasteiger partial charge in [0.2, 0.25) is 6.54 Å². The van der Waals surface area contributed by atoms with Crippen LogP contribution in [0.5, 0.6) is 0 Å². The molecule has 1 amide bonds. The molecule has 0 bridgehead atoms. The average Bonchev–Trinajstić information content (AvgIpc) is 2.93. The maximum Gasteiger partial charge on any atom is 0.410 e. The van der Waals surface area contributed by atoms with Crippen molar-refractivity contribution in [2.75, 3.05) is 26.7 Å². The van der Waals surface area contributed by atoms with Crippen molar-refractivity contribution in [2.24, 2.45) is 0 Å². The van der Waals surface area contributed by atoms with Crippen LogP contribution in [0.15, 0.2) is 71.1 Å². The molecule has 0 saturated carbocycles. The second-order valence-electron chi connectivity index (χ2n) is 9.73. The molecule has 0 aromatic heterocycles. The third kappa shape index (κ3) is 9.31. The van der Waals surface area contributed by atoms with E-state index in [1.54, 1.807) is 51.1 Å². The molecule has 0 aliphatic carbocycles. The summed E-state index contributed by atoms with van der Waals surface area (Å²) >= 11 is 0. The fourth-order valence-electron chi connectivity index (χ4n) is 3.89. The molecule has 1 heterocycles. The number of carbonyl (C=O) groups is 1. The van der Waals surface area contributed by atoms with Crippen LogP contribution < -0.4 is 0 Å². The number of nitrogens with zero attached hydrogens (tertiary/aromatic N) is 4. The lowest BCUT2D eigenvalue weighted by Gasteiger charge is -2.38. The van der Waals surface area contributed by atoms with Gasteiger partial charge in [-0.2, -0.15) is 0 Å². The highest BCUT2D eigenvalue weighted by Crippen LogP contribution is 2.32. The molecule has 2 aromatic rings. The van der Waals surface area contributed by atoms with Crippen molar-refractivity contribution in [3.8, 4) is 0 Å². The zero-order chi connectivity index (χ0) is 30.8. The summed E-state index contributed by atoms with van der Waals surface area (Å²) in [5.74, 6) is 0. The molecule has 0 saturated heterocycles. The van der Waals surface area contributed by atoms with E-state index in [9.17, 15) is 33.4 Å². The third-order valence-corrected chi connectivity index (χ3v) is 7.40. The summed E-state index contributed by atoms with van der Waals surface area (Å²) in [6.07, 6.45) is 0.676. The monoisotopic (exact) mass is 594 g/mol. The first-order valence-electron chi connectivity index (χ1n) is 12.5. The lowest BCUT2D eigenvalue weighted by Crippen LogP contribution is -2.52. The number of nitro groups is 2.